The molecule has 1 aliphatic rings. The number of ether oxygens (including phenoxy) is 3. The summed E-state index contributed by atoms with van der Waals surface area (Å²) in [6.45, 7) is 4.76. The van der Waals surface area contributed by atoms with E-state index in [1.165, 1.54) is 7.11 Å². The van der Waals surface area contributed by atoms with Gasteiger partial charge in [-0.3, -0.25) is 14.4 Å². The number of nitrogens with one attached hydrogen (secondary N) is 1. The van der Waals surface area contributed by atoms with Gasteiger partial charge < -0.3 is 29.3 Å². The molecule has 0 unspecified atom stereocenters. The van der Waals surface area contributed by atoms with Crippen LogP contribution in [0.25, 0.3) is 0 Å². The zero-order chi connectivity index (χ0) is 26.2. The Morgan fingerprint density at radius 1 is 1.08 bits per heavy atom. The average molecular weight is 498 g/mol. The van der Waals surface area contributed by atoms with E-state index in [1.807, 2.05) is 19.9 Å². The number of rotatable bonds is 5. The summed E-state index contributed by atoms with van der Waals surface area (Å²) in [6, 6.07) is 13.5. The van der Waals surface area contributed by atoms with E-state index >= 15 is 0 Å². The molecule has 9 nitrogen and oxygen atoms in total. The van der Waals surface area contributed by atoms with E-state index in [0.717, 1.165) is 0 Å². The molecule has 2 aromatic rings. The smallest absolute Gasteiger partial charge is 0.257 e. The van der Waals surface area contributed by atoms with Gasteiger partial charge in [0.15, 0.2) is 0 Å². The number of benzene rings is 2. The van der Waals surface area contributed by atoms with Crippen molar-refractivity contribution in [3.8, 4) is 5.75 Å². The standard InChI is InChI=1S/C27H35N3O6/c1-18-14-30(25(31)17-34-4)19(2)16-36-23-13-21(28-26(32)20-9-7-6-8-10-20)11-12-22(23)27(33)29(3)15-24(18)35-5/h6-13,18-19,24H,14-17H2,1-5H3,(H,28,32)/t18-,19-,24+/m1/s1. The predicted octanol–water partition coefficient (Wildman–Crippen LogP) is 2.92. The fourth-order valence-electron chi connectivity index (χ4n) is 4.20. The molecule has 1 heterocycles. The first-order valence-corrected chi connectivity index (χ1v) is 11.9. The van der Waals surface area contributed by atoms with Crippen LogP contribution >= 0.6 is 0 Å². The fourth-order valence-corrected chi connectivity index (χ4v) is 4.20. The average Bonchev–Trinajstić information content (AvgIpc) is 2.88. The van der Waals surface area contributed by atoms with E-state index in [4.69, 9.17) is 14.2 Å². The molecule has 0 saturated carbocycles. The molecule has 0 spiro atoms. The second-order valence-corrected chi connectivity index (χ2v) is 9.11. The van der Waals surface area contributed by atoms with Gasteiger partial charge in [0.1, 0.15) is 19.0 Å². The lowest BCUT2D eigenvalue weighted by Gasteiger charge is -2.36. The number of amides is 3. The van der Waals surface area contributed by atoms with Gasteiger partial charge in [-0.05, 0) is 31.2 Å². The van der Waals surface area contributed by atoms with Crippen molar-refractivity contribution in [1.29, 1.82) is 0 Å². The Bertz CT molecular complexity index is 1060. The molecule has 194 valence electrons. The third-order valence-corrected chi connectivity index (χ3v) is 6.33. The third-order valence-electron chi connectivity index (χ3n) is 6.33. The largest absolute Gasteiger partial charge is 0.491 e. The van der Waals surface area contributed by atoms with E-state index in [9.17, 15) is 14.4 Å². The van der Waals surface area contributed by atoms with Crippen molar-refractivity contribution in [3.05, 3.63) is 59.7 Å². The molecule has 0 bridgehead atoms. The molecule has 3 atom stereocenters. The highest BCUT2D eigenvalue weighted by atomic mass is 16.5. The van der Waals surface area contributed by atoms with Crippen molar-refractivity contribution in [2.24, 2.45) is 5.92 Å². The molecular formula is C27H35N3O6. The van der Waals surface area contributed by atoms with Crippen LogP contribution in [0, 0.1) is 5.92 Å². The van der Waals surface area contributed by atoms with Crippen molar-refractivity contribution < 1.29 is 28.6 Å². The van der Waals surface area contributed by atoms with E-state index < -0.39 is 0 Å². The summed E-state index contributed by atoms with van der Waals surface area (Å²) in [5.74, 6) is -0.357. The van der Waals surface area contributed by atoms with Crippen LogP contribution in [0.2, 0.25) is 0 Å². The number of nitrogens with zero attached hydrogens (tertiary/aromatic N) is 2. The van der Waals surface area contributed by atoms with Crippen LogP contribution in [0.15, 0.2) is 48.5 Å². The van der Waals surface area contributed by atoms with E-state index in [1.54, 1.807) is 66.4 Å². The number of likely N-dealkylation sites (N-methyl/N-ethyl adjacent to an activating group) is 1. The maximum absolute atomic E-state index is 13.3. The maximum atomic E-state index is 13.3. The molecular weight excluding hydrogens is 462 g/mol. The van der Waals surface area contributed by atoms with Gasteiger partial charge in [-0.1, -0.05) is 25.1 Å². The number of fused-ring (bicyclic) bond motifs is 1. The quantitative estimate of drug-likeness (QED) is 0.682. The molecule has 1 aliphatic heterocycles. The van der Waals surface area contributed by atoms with Crippen molar-refractivity contribution in [3.63, 3.8) is 0 Å². The lowest BCUT2D eigenvalue weighted by molar-refractivity contribution is -0.139. The van der Waals surface area contributed by atoms with Crippen LogP contribution in [0.5, 0.6) is 5.75 Å². The Labute approximate surface area is 212 Å². The van der Waals surface area contributed by atoms with Gasteiger partial charge in [-0.15, -0.1) is 0 Å². The number of hydrogen-bond donors (Lipinski definition) is 1. The van der Waals surface area contributed by atoms with Crippen molar-refractivity contribution in [2.75, 3.05) is 52.9 Å². The molecule has 3 rings (SSSR count). The Kier molecular flexibility index (Phi) is 9.44. The summed E-state index contributed by atoms with van der Waals surface area (Å²) in [5, 5.41) is 2.85. The molecule has 0 saturated heterocycles. The summed E-state index contributed by atoms with van der Waals surface area (Å²) in [4.78, 5) is 42.1. The first kappa shape index (κ1) is 27.2. The Balaban J connectivity index is 1.94. The topological polar surface area (TPSA) is 97.4 Å². The third kappa shape index (κ3) is 6.61. The highest BCUT2D eigenvalue weighted by molar-refractivity contribution is 6.05. The Morgan fingerprint density at radius 3 is 2.47 bits per heavy atom. The van der Waals surface area contributed by atoms with Gasteiger partial charge in [0, 0.05) is 57.6 Å². The van der Waals surface area contributed by atoms with Crippen LogP contribution in [-0.4, -0.2) is 87.2 Å². The molecule has 3 amide bonds. The van der Waals surface area contributed by atoms with E-state index in [2.05, 4.69) is 5.32 Å². The van der Waals surface area contributed by atoms with Gasteiger partial charge in [0.25, 0.3) is 11.8 Å². The molecule has 0 aliphatic carbocycles. The summed E-state index contributed by atoms with van der Waals surface area (Å²) < 4.78 is 16.9. The first-order valence-electron chi connectivity index (χ1n) is 11.9. The second-order valence-electron chi connectivity index (χ2n) is 9.11. The van der Waals surface area contributed by atoms with Gasteiger partial charge >= 0.3 is 0 Å². The Hall–Kier alpha value is -3.43. The number of methoxy groups -OCH3 is 2. The predicted molar refractivity (Wildman–Crippen MR) is 136 cm³/mol. The lowest BCUT2D eigenvalue weighted by Crippen LogP contribution is -2.49. The van der Waals surface area contributed by atoms with Crippen LogP contribution in [0.3, 0.4) is 0 Å². The van der Waals surface area contributed by atoms with Gasteiger partial charge in [-0.25, -0.2) is 0 Å². The SMILES string of the molecule is COCC(=O)N1C[C@@H](C)[C@@H](OC)CN(C)C(=O)c2ccc(NC(=O)c3ccccc3)cc2OC[C@H]1C. The number of carbonyl (C=O) groups excluding carboxylic acids is 3. The van der Waals surface area contributed by atoms with Crippen LogP contribution in [0.4, 0.5) is 5.69 Å². The summed E-state index contributed by atoms with van der Waals surface area (Å²) in [5.41, 5.74) is 1.37. The maximum Gasteiger partial charge on any atom is 0.257 e. The fraction of sp³-hybridized carbons (Fsp3) is 0.444. The van der Waals surface area contributed by atoms with Crippen LogP contribution in [-0.2, 0) is 14.3 Å². The zero-order valence-corrected chi connectivity index (χ0v) is 21.5. The molecule has 0 aromatic heterocycles. The first-order chi connectivity index (χ1) is 17.2. The van der Waals surface area contributed by atoms with Gasteiger partial charge in [-0.2, -0.15) is 0 Å². The zero-order valence-electron chi connectivity index (χ0n) is 21.5. The van der Waals surface area contributed by atoms with E-state index in [-0.39, 0.29) is 49.0 Å². The monoisotopic (exact) mass is 497 g/mol. The minimum atomic E-state index is -0.296. The van der Waals surface area contributed by atoms with E-state index in [0.29, 0.717) is 35.7 Å². The summed E-state index contributed by atoms with van der Waals surface area (Å²) >= 11 is 0. The minimum absolute atomic E-state index is 0.0389. The number of anilines is 1. The summed E-state index contributed by atoms with van der Waals surface area (Å²) in [6.07, 6.45) is -0.280. The van der Waals surface area contributed by atoms with Crippen molar-refractivity contribution in [1.82, 2.24) is 9.80 Å². The van der Waals surface area contributed by atoms with Crippen LogP contribution in [0.1, 0.15) is 34.6 Å². The molecule has 2 aromatic carbocycles. The van der Waals surface area contributed by atoms with Crippen LogP contribution < -0.4 is 10.1 Å². The van der Waals surface area contributed by atoms with Gasteiger partial charge in [0.05, 0.1) is 17.7 Å². The molecule has 9 heteroatoms. The lowest BCUT2D eigenvalue weighted by atomic mass is 10.0. The highest BCUT2D eigenvalue weighted by Gasteiger charge is 2.30. The molecule has 1 N–H and O–H groups in total. The Morgan fingerprint density at radius 2 is 1.81 bits per heavy atom. The second kappa shape index (κ2) is 12.5. The normalized spacial score (nSPS) is 21.0. The summed E-state index contributed by atoms with van der Waals surface area (Å²) in [7, 11) is 4.80. The van der Waals surface area contributed by atoms with Crippen molar-refractivity contribution in [2.45, 2.75) is 26.0 Å². The molecule has 0 fully saturated rings. The van der Waals surface area contributed by atoms with Gasteiger partial charge in [0.2, 0.25) is 5.91 Å². The highest BCUT2D eigenvalue weighted by Crippen LogP contribution is 2.27. The number of carbonyl (C=O) groups is 3. The minimum Gasteiger partial charge on any atom is -0.491 e. The number of hydrogen-bond acceptors (Lipinski definition) is 6. The van der Waals surface area contributed by atoms with Crippen molar-refractivity contribution >= 4 is 23.4 Å². The molecule has 0 radical (unpaired) electrons. The molecule has 36 heavy (non-hydrogen) atoms.